The van der Waals surface area contributed by atoms with Crippen molar-refractivity contribution < 1.29 is 9.31 Å². The van der Waals surface area contributed by atoms with E-state index < -0.39 is 10.7 Å². The lowest BCUT2D eigenvalue weighted by molar-refractivity contribution is -0.385. The normalized spacial score (nSPS) is 12.5. The van der Waals surface area contributed by atoms with Gasteiger partial charge in [-0.15, -0.1) is 0 Å². The molecule has 0 amide bonds. The van der Waals surface area contributed by atoms with Gasteiger partial charge in [-0.25, -0.2) is 4.39 Å². The third-order valence-electron chi connectivity index (χ3n) is 2.40. The van der Waals surface area contributed by atoms with E-state index in [0.717, 1.165) is 6.54 Å². The highest BCUT2D eigenvalue weighted by atomic mass is 127. The van der Waals surface area contributed by atoms with Crippen molar-refractivity contribution in [1.29, 1.82) is 0 Å². The Bertz CT molecular complexity index is 426. The van der Waals surface area contributed by atoms with Crippen molar-refractivity contribution in [2.75, 3.05) is 6.54 Å². The summed E-state index contributed by atoms with van der Waals surface area (Å²) in [6, 6.07) is 2.62. The van der Waals surface area contributed by atoms with Crippen LogP contribution in [0.1, 0.15) is 19.4 Å². The molecule has 1 rings (SSSR count). The number of hydrogen-bond donors (Lipinski definition) is 1. The lowest BCUT2D eigenvalue weighted by atomic mass is 10.0. The minimum absolute atomic E-state index is 0.0134. The molecule has 0 aliphatic carbocycles. The van der Waals surface area contributed by atoms with E-state index in [1.54, 1.807) is 22.6 Å². The Hall–Kier alpha value is -0.760. The zero-order valence-corrected chi connectivity index (χ0v) is 11.8. The fourth-order valence-electron chi connectivity index (χ4n) is 1.66. The molecule has 6 heteroatoms. The van der Waals surface area contributed by atoms with Crippen LogP contribution in [0.15, 0.2) is 12.1 Å². The summed E-state index contributed by atoms with van der Waals surface area (Å²) in [5.41, 5.74) is 0.418. The summed E-state index contributed by atoms with van der Waals surface area (Å²) in [5, 5.41) is 14.0. The van der Waals surface area contributed by atoms with Crippen molar-refractivity contribution >= 4 is 28.3 Å². The maximum Gasteiger partial charge on any atom is 0.273 e. The molecule has 94 valence electrons. The number of nitro groups is 1. The van der Waals surface area contributed by atoms with E-state index in [0.29, 0.717) is 12.0 Å². The van der Waals surface area contributed by atoms with Crippen LogP contribution in [0.5, 0.6) is 0 Å². The van der Waals surface area contributed by atoms with Gasteiger partial charge in [-0.05, 0) is 48.5 Å². The van der Waals surface area contributed by atoms with Gasteiger partial charge < -0.3 is 5.32 Å². The number of rotatable bonds is 5. The third-order valence-corrected chi connectivity index (χ3v) is 3.22. The Morgan fingerprint density at radius 3 is 2.76 bits per heavy atom. The summed E-state index contributed by atoms with van der Waals surface area (Å²) in [4.78, 5) is 10.4. The SMILES string of the molecule is CCNC(C)Cc1cc(F)c(I)cc1[N+](=O)[O-]. The maximum atomic E-state index is 13.4. The Labute approximate surface area is 113 Å². The van der Waals surface area contributed by atoms with E-state index in [4.69, 9.17) is 0 Å². The molecule has 1 aromatic rings. The highest BCUT2D eigenvalue weighted by Gasteiger charge is 2.18. The number of nitrogens with zero attached hydrogens (tertiary/aromatic N) is 1. The van der Waals surface area contributed by atoms with Crippen molar-refractivity contribution in [3.63, 3.8) is 0 Å². The zero-order chi connectivity index (χ0) is 13.0. The minimum Gasteiger partial charge on any atom is -0.314 e. The summed E-state index contributed by atoms with van der Waals surface area (Å²) in [7, 11) is 0. The van der Waals surface area contributed by atoms with Crippen LogP contribution in [0.25, 0.3) is 0 Å². The van der Waals surface area contributed by atoms with Crippen LogP contribution in [0.4, 0.5) is 10.1 Å². The Morgan fingerprint density at radius 1 is 1.59 bits per heavy atom. The van der Waals surface area contributed by atoms with Crippen LogP contribution < -0.4 is 5.32 Å². The topological polar surface area (TPSA) is 55.2 Å². The smallest absolute Gasteiger partial charge is 0.273 e. The molecule has 1 unspecified atom stereocenters. The van der Waals surface area contributed by atoms with E-state index in [9.17, 15) is 14.5 Å². The molecule has 0 bridgehead atoms. The first kappa shape index (κ1) is 14.3. The summed E-state index contributed by atoms with van der Waals surface area (Å²) >= 11 is 1.76. The van der Waals surface area contributed by atoms with Gasteiger partial charge in [0.25, 0.3) is 5.69 Å². The van der Waals surface area contributed by atoms with E-state index >= 15 is 0 Å². The van der Waals surface area contributed by atoms with Gasteiger partial charge in [0, 0.05) is 17.7 Å². The lowest BCUT2D eigenvalue weighted by Crippen LogP contribution is -2.27. The molecule has 1 aromatic carbocycles. The predicted molar refractivity (Wildman–Crippen MR) is 72.6 cm³/mol. The van der Waals surface area contributed by atoms with Crippen LogP contribution in [0, 0.1) is 19.5 Å². The van der Waals surface area contributed by atoms with Gasteiger partial charge >= 0.3 is 0 Å². The van der Waals surface area contributed by atoms with Crippen molar-refractivity contribution in [2.24, 2.45) is 0 Å². The molecule has 0 fully saturated rings. The van der Waals surface area contributed by atoms with Crippen molar-refractivity contribution in [1.82, 2.24) is 5.32 Å². The van der Waals surface area contributed by atoms with Gasteiger partial charge in [0.2, 0.25) is 0 Å². The highest BCUT2D eigenvalue weighted by molar-refractivity contribution is 14.1. The second kappa shape index (κ2) is 6.25. The molecule has 17 heavy (non-hydrogen) atoms. The van der Waals surface area contributed by atoms with Crippen LogP contribution in [-0.2, 0) is 6.42 Å². The maximum absolute atomic E-state index is 13.4. The number of nitrogens with one attached hydrogen (secondary N) is 1. The molecule has 0 saturated carbocycles. The van der Waals surface area contributed by atoms with Gasteiger partial charge in [-0.3, -0.25) is 10.1 Å². The van der Waals surface area contributed by atoms with Gasteiger partial charge in [0.1, 0.15) is 5.82 Å². The van der Waals surface area contributed by atoms with Crippen molar-refractivity contribution in [2.45, 2.75) is 26.3 Å². The molecule has 0 radical (unpaired) electrons. The summed E-state index contributed by atoms with van der Waals surface area (Å²) in [6.07, 6.45) is 0.442. The van der Waals surface area contributed by atoms with Crippen molar-refractivity contribution in [3.05, 3.63) is 37.2 Å². The first-order chi connectivity index (χ1) is 7.95. The van der Waals surface area contributed by atoms with E-state index in [2.05, 4.69) is 5.32 Å². The average molecular weight is 352 g/mol. The van der Waals surface area contributed by atoms with Crippen LogP contribution >= 0.6 is 22.6 Å². The summed E-state index contributed by atoms with van der Waals surface area (Å²) in [6.45, 7) is 4.66. The summed E-state index contributed by atoms with van der Waals surface area (Å²) < 4.78 is 13.7. The average Bonchev–Trinajstić information content (AvgIpc) is 2.23. The second-order valence-electron chi connectivity index (χ2n) is 3.81. The zero-order valence-electron chi connectivity index (χ0n) is 9.67. The predicted octanol–water partition coefficient (Wildman–Crippen LogP) is 2.88. The molecule has 0 spiro atoms. The fourth-order valence-corrected chi connectivity index (χ4v) is 2.11. The largest absolute Gasteiger partial charge is 0.314 e. The number of hydrogen-bond acceptors (Lipinski definition) is 3. The van der Waals surface area contributed by atoms with Crippen molar-refractivity contribution in [3.8, 4) is 0 Å². The van der Waals surface area contributed by atoms with E-state index in [-0.39, 0.29) is 15.3 Å². The fraction of sp³-hybridized carbons (Fsp3) is 0.455. The van der Waals surface area contributed by atoms with Gasteiger partial charge in [-0.1, -0.05) is 6.92 Å². The Balaban J connectivity index is 3.04. The quantitative estimate of drug-likeness (QED) is 0.504. The van der Waals surface area contributed by atoms with E-state index in [1.165, 1.54) is 12.1 Å². The molecule has 1 N–H and O–H groups in total. The second-order valence-corrected chi connectivity index (χ2v) is 4.98. The number of halogens is 2. The first-order valence-corrected chi connectivity index (χ1v) is 6.39. The van der Waals surface area contributed by atoms with Gasteiger partial charge in [0.15, 0.2) is 0 Å². The van der Waals surface area contributed by atoms with E-state index in [1.807, 2.05) is 13.8 Å². The van der Waals surface area contributed by atoms with Crippen LogP contribution in [-0.4, -0.2) is 17.5 Å². The minimum atomic E-state index is -0.463. The number of likely N-dealkylation sites (N-methyl/N-ethyl adjacent to an activating group) is 1. The standard InChI is InChI=1S/C11H14FIN2O2/c1-3-14-7(2)4-8-5-9(12)10(13)6-11(8)15(16)17/h5-7,14H,3-4H2,1-2H3. The monoisotopic (exact) mass is 352 g/mol. The van der Waals surface area contributed by atoms with Gasteiger partial charge in [-0.2, -0.15) is 0 Å². The molecule has 4 nitrogen and oxygen atoms in total. The van der Waals surface area contributed by atoms with Gasteiger partial charge in [0.05, 0.1) is 8.49 Å². The summed E-state index contributed by atoms with van der Waals surface area (Å²) in [5.74, 6) is -0.408. The molecule has 1 atom stereocenters. The molecular formula is C11H14FIN2O2. The molecule has 0 saturated heterocycles. The van der Waals surface area contributed by atoms with Crippen LogP contribution in [0.3, 0.4) is 0 Å². The molecule has 0 aromatic heterocycles. The molecule has 0 aliphatic rings. The number of benzene rings is 1. The Morgan fingerprint density at radius 2 is 2.24 bits per heavy atom. The highest BCUT2D eigenvalue weighted by Crippen LogP contribution is 2.25. The third kappa shape index (κ3) is 3.88. The number of nitro benzene ring substituents is 1. The molecule has 0 aliphatic heterocycles. The Kier molecular flexibility index (Phi) is 5.26. The molecule has 0 heterocycles. The molecular weight excluding hydrogens is 338 g/mol. The first-order valence-electron chi connectivity index (χ1n) is 5.31. The lowest BCUT2D eigenvalue weighted by Gasteiger charge is -2.12. The van der Waals surface area contributed by atoms with Crippen LogP contribution in [0.2, 0.25) is 0 Å².